The summed E-state index contributed by atoms with van der Waals surface area (Å²) in [6.07, 6.45) is 4.74. The van der Waals surface area contributed by atoms with Crippen molar-refractivity contribution in [2.24, 2.45) is 0 Å². The molecule has 7 nitrogen and oxygen atoms in total. The molecule has 3 rings (SSSR count). The number of aromatic nitrogens is 2. The Morgan fingerprint density at radius 3 is 2.55 bits per heavy atom. The molecule has 0 bridgehead atoms. The molecule has 0 N–H and O–H groups in total. The van der Waals surface area contributed by atoms with Crippen LogP contribution in [0.2, 0.25) is 0 Å². The summed E-state index contributed by atoms with van der Waals surface area (Å²) in [5.74, 6) is 1.33. The van der Waals surface area contributed by atoms with Crippen molar-refractivity contribution in [3.8, 4) is 5.75 Å². The van der Waals surface area contributed by atoms with Crippen LogP contribution in [0.3, 0.4) is 0 Å². The van der Waals surface area contributed by atoms with Crippen LogP contribution in [0.1, 0.15) is 52.7 Å². The third-order valence-electron chi connectivity index (χ3n) is 5.27. The quantitative estimate of drug-likeness (QED) is 0.777. The number of carbonyl (C=O) groups is 2. The number of amides is 2. The third-order valence-corrected chi connectivity index (χ3v) is 5.27. The molecule has 0 saturated carbocycles. The van der Waals surface area contributed by atoms with E-state index in [4.69, 9.17) is 4.74 Å². The molecule has 2 heterocycles. The molecule has 0 radical (unpaired) electrons. The molecule has 0 unspecified atom stereocenters. The van der Waals surface area contributed by atoms with Gasteiger partial charge in [0.05, 0.1) is 30.8 Å². The van der Waals surface area contributed by atoms with Crippen LogP contribution >= 0.6 is 0 Å². The Hall–Kier alpha value is -2.96. The van der Waals surface area contributed by atoms with Gasteiger partial charge in [-0.25, -0.2) is 9.97 Å². The predicted octanol–water partition coefficient (Wildman–Crippen LogP) is 2.79. The Morgan fingerprint density at radius 1 is 1.21 bits per heavy atom. The van der Waals surface area contributed by atoms with Crippen molar-refractivity contribution in [3.05, 3.63) is 53.1 Å². The molecular weight excluding hydrogens is 368 g/mol. The smallest absolute Gasteiger partial charge is 0.256 e. The molecule has 1 aliphatic heterocycles. The molecule has 0 spiro atoms. The molecule has 1 saturated heterocycles. The van der Waals surface area contributed by atoms with Crippen LogP contribution in [-0.2, 0) is 11.2 Å². The molecule has 1 fully saturated rings. The van der Waals surface area contributed by atoms with E-state index in [9.17, 15) is 9.59 Å². The summed E-state index contributed by atoms with van der Waals surface area (Å²) < 4.78 is 5.18. The summed E-state index contributed by atoms with van der Waals surface area (Å²) in [5.41, 5.74) is 2.08. The van der Waals surface area contributed by atoms with Gasteiger partial charge in [-0.2, -0.15) is 0 Å². The van der Waals surface area contributed by atoms with E-state index >= 15 is 0 Å². The maximum absolute atomic E-state index is 13.0. The van der Waals surface area contributed by atoms with Crippen LogP contribution in [0.15, 0.2) is 30.5 Å². The van der Waals surface area contributed by atoms with Gasteiger partial charge in [-0.15, -0.1) is 0 Å². The summed E-state index contributed by atoms with van der Waals surface area (Å²) in [5, 5.41) is 0. The van der Waals surface area contributed by atoms with E-state index in [0.717, 1.165) is 30.6 Å². The lowest BCUT2D eigenvalue weighted by molar-refractivity contribution is -0.134. The maximum atomic E-state index is 13.0. The highest BCUT2D eigenvalue weighted by Gasteiger charge is 2.30. The number of piperidine rings is 1. The summed E-state index contributed by atoms with van der Waals surface area (Å²) >= 11 is 0. The first kappa shape index (κ1) is 20.8. The molecule has 1 aromatic carbocycles. The summed E-state index contributed by atoms with van der Waals surface area (Å²) in [6, 6.07) is 7.40. The minimum Gasteiger partial charge on any atom is -0.497 e. The van der Waals surface area contributed by atoms with Crippen molar-refractivity contribution in [2.75, 3.05) is 27.7 Å². The normalized spacial score (nSPS) is 16.4. The Labute approximate surface area is 171 Å². The van der Waals surface area contributed by atoms with Gasteiger partial charge in [0.2, 0.25) is 5.91 Å². The van der Waals surface area contributed by atoms with E-state index in [2.05, 4.69) is 9.97 Å². The second-order valence-corrected chi connectivity index (χ2v) is 7.55. The van der Waals surface area contributed by atoms with E-state index in [1.807, 2.05) is 36.1 Å². The minimum atomic E-state index is -0.156. The predicted molar refractivity (Wildman–Crippen MR) is 110 cm³/mol. The number of ether oxygens (including phenoxy) is 1. The third kappa shape index (κ3) is 4.72. The fourth-order valence-corrected chi connectivity index (χ4v) is 3.61. The highest BCUT2D eigenvalue weighted by molar-refractivity contribution is 5.94. The van der Waals surface area contributed by atoms with Crippen LogP contribution in [-0.4, -0.2) is 59.3 Å². The topological polar surface area (TPSA) is 75.6 Å². The van der Waals surface area contributed by atoms with E-state index in [0.29, 0.717) is 30.0 Å². The van der Waals surface area contributed by atoms with Crippen LogP contribution in [0.5, 0.6) is 5.75 Å². The maximum Gasteiger partial charge on any atom is 0.256 e. The van der Waals surface area contributed by atoms with E-state index in [1.165, 1.54) is 4.90 Å². The number of likely N-dealkylation sites (tertiary alicyclic amines) is 1. The first-order chi connectivity index (χ1) is 13.9. The van der Waals surface area contributed by atoms with Crippen LogP contribution in [0, 0.1) is 6.92 Å². The van der Waals surface area contributed by atoms with Crippen molar-refractivity contribution >= 4 is 11.8 Å². The van der Waals surface area contributed by atoms with Gasteiger partial charge in [0.25, 0.3) is 5.91 Å². The average molecular weight is 396 g/mol. The van der Waals surface area contributed by atoms with Crippen molar-refractivity contribution in [3.63, 3.8) is 0 Å². The lowest BCUT2D eigenvalue weighted by Gasteiger charge is -2.35. The molecule has 2 amide bonds. The second kappa shape index (κ2) is 9.03. The molecule has 29 heavy (non-hydrogen) atoms. The van der Waals surface area contributed by atoms with Crippen LogP contribution in [0.25, 0.3) is 0 Å². The highest BCUT2D eigenvalue weighted by atomic mass is 16.5. The molecule has 1 aromatic heterocycles. The molecule has 1 atom stereocenters. The van der Waals surface area contributed by atoms with E-state index < -0.39 is 0 Å². The van der Waals surface area contributed by atoms with Crippen molar-refractivity contribution in [2.45, 2.75) is 38.6 Å². The van der Waals surface area contributed by atoms with Crippen molar-refractivity contribution in [1.29, 1.82) is 0 Å². The zero-order valence-corrected chi connectivity index (χ0v) is 17.5. The zero-order chi connectivity index (χ0) is 21.0. The Morgan fingerprint density at radius 2 is 1.93 bits per heavy atom. The molecule has 2 aromatic rings. The number of rotatable bonds is 5. The standard InChI is InChI=1S/C22H28N4O3/c1-15-18(22(28)25(2)3)14-23-21(24-15)19-7-5-6-12-26(19)20(27)13-16-8-10-17(29-4)11-9-16/h8-11,14,19H,5-7,12-13H2,1-4H3/t19-/m1/s1. The number of carbonyl (C=O) groups excluding carboxylic acids is 2. The summed E-state index contributed by atoms with van der Waals surface area (Å²) in [7, 11) is 5.03. The van der Waals surface area contributed by atoms with E-state index in [-0.39, 0.29) is 17.9 Å². The average Bonchev–Trinajstić information content (AvgIpc) is 2.73. The number of benzene rings is 1. The van der Waals surface area contributed by atoms with Gasteiger partial charge < -0.3 is 14.5 Å². The lowest BCUT2D eigenvalue weighted by atomic mass is 9.99. The first-order valence-corrected chi connectivity index (χ1v) is 9.88. The van der Waals surface area contributed by atoms with Gasteiger partial charge in [-0.05, 0) is 43.9 Å². The van der Waals surface area contributed by atoms with Gasteiger partial charge in [0.15, 0.2) is 5.82 Å². The number of nitrogens with zero attached hydrogens (tertiary/aromatic N) is 4. The van der Waals surface area contributed by atoms with E-state index in [1.54, 1.807) is 27.4 Å². The number of aryl methyl sites for hydroxylation is 1. The van der Waals surface area contributed by atoms with Crippen LogP contribution in [0.4, 0.5) is 0 Å². The van der Waals surface area contributed by atoms with Gasteiger partial charge >= 0.3 is 0 Å². The zero-order valence-electron chi connectivity index (χ0n) is 17.5. The first-order valence-electron chi connectivity index (χ1n) is 9.88. The Kier molecular flexibility index (Phi) is 6.46. The summed E-state index contributed by atoms with van der Waals surface area (Å²) in [4.78, 5) is 37.7. The fourth-order valence-electron chi connectivity index (χ4n) is 3.61. The monoisotopic (exact) mass is 396 g/mol. The second-order valence-electron chi connectivity index (χ2n) is 7.55. The largest absolute Gasteiger partial charge is 0.497 e. The van der Waals surface area contributed by atoms with Gasteiger partial charge in [0.1, 0.15) is 5.75 Å². The molecule has 154 valence electrons. The van der Waals surface area contributed by atoms with Crippen molar-refractivity contribution < 1.29 is 14.3 Å². The minimum absolute atomic E-state index is 0.0644. The number of hydrogen-bond donors (Lipinski definition) is 0. The van der Waals surface area contributed by atoms with Gasteiger partial charge in [-0.1, -0.05) is 12.1 Å². The molecule has 7 heteroatoms. The molecule has 1 aliphatic rings. The SMILES string of the molecule is COc1ccc(CC(=O)N2CCCC[C@@H]2c2ncc(C(=O)N(C)C)c(C)n2)cc1. The lowest BCUT2D eigenvalue weighted by Crippen LogP contribution is -2.40. The van der Waals surface area contributed by atoms with Gasteiger partial charge in [-0.3, -0.25) is 9.59 Å². The van der Waals surface area contributed by atoms with Crippen LogP contribution < -0.4 is 4.74 Å². The Balaban J connectivity index is 1.79. The fraction of sp³-hybridized carbons (Fsp3) is 0.455. The molecule has 0 aliphatic carbocycles. The molecular formula is C22H28N4O3. The number of hydrogen-bond acceptors (Lipinski definition) is 5. The number of methoxy groups -OCH3 is 1. The van der Waals surface area contributed by atoms with Gasteiger partial charge in [0, 0.05) is 26.8 Å². The van der Waals surface area contributed by atoms with Crippen molar-refractivity contribution in [1.82, 2.24) is 19.8 Å². The Bertz CT molecular complexity index is 880. The summed E-state index contributed by atoms with van der Waals surface area (Å²) in [6.45, 7) is 2.51. The highest BCUT2D eigenvalue weighted by Crippen LogP contribution is 2.30.